The van der Waals surface area contributed by atoms with Crippen LogP contribution in [0.5, 0.6) is 5.75 Å². The van der Waals surface area contributed by atoms with Gasteiger partial charge in [0, 0.05) is 13.1 Å². The minimum Gasteiger partial charge on any atom is -0.495 e. The summed E-state index contributed by atoms with van der Waals surface area (Å²) in [6, 6.07) is 15.3. The fourth-order valence-electron chi connectivity index (χ4n) is 4.08. The van der Waals surface area contributed by atoms with E-state index in [2.05, 4.69) is 5.32 Å². The van der Waals surface area contributed by atoms with E-state index < -0.39 is 34.3 Å². The first-order chi connectivity index (χ1) is 19.5. The molecule has 0 aliphatic heterocycles. The summed E-state index contributed by atoms with van der Waals surface area (Å²) in [5.74, 6) is -1.11. The maximum atomic E-state index is 13.9. The molecule has 0 bridgehead atoms. The average Bonchev–Trinajstić information content (AvgIpc) is 2.95. The quantitative estimate of drug-likeness (QED) is 0.267. The molecule has 0 aliphatic carbocycles. The van der Waals surface area contributed by atoms with Crippen molar-refractivity contribution in [3.63, 3.8) is 0 Å². The summed E-state index contributed by atoms with van der Waals surface area (Å²) >= 11 is 6.34. The summed E-state index contributed by atoms with van der Waals surface area (Å²) in [6.45, 7) is 5.19. The summed E-state index contributed by atoms with van der Waals surface area (Å²) in [4.78, 5) is 28.2. The molecule has 11 heteroatoms. The zero-order valence-electron chi connectivity index (χ0n) is 23.6. The minimum atomic E-state index is -4.24. The van der Waals surface area contributed by atoms with Crippen LogP contribution in [0.2, 0.25) is 5.02 Å². The predicted molar refractivity (Wildman–Crippen MR) is 158 cm³/mol. The van der Waals surface area contributed by atoms with E-state index in [9.17, 15) is 22.4 Å². The first-order valence-corrected chi connectivity index (χ1v) is 15.0. The van der Waals surface area contributed by atoms with E-state index >= 15 is 0 Å². The Morgan fingerprint density at radius 2 is 1.71 bits per heavy atom. The second-order valence-electron chi connectivity index (χ2n) is 9.61. The van der Waals surface area contributed by atoms with Crippen LogP contribution in [-0.4, -0.2) is 51.4 Å². The fourth-order valence-corrected chi connectivity index (χ4v) is 5.74. The number of hydrogen-bond acceptors (Lipinski definition) is 5. The van der Waals surface area contributed by atoms with E-state index in [0.717, 1.165) is 22.7 Å². The van der Waals surface area contributed by atoms with Crippen molar-refractivity contribution in [1.29, 1.82) is 0 Å². The van der Waals surface area contributed by atoms with Crippen molar-refractivity contribution in [2.75, 3.05) is 24.5 Å². The number of unbranched alkanes of at least 4 members (excludes halogenated alkanes) is 1. The highest BCUT2D eigenvalue weighted by molar-refractivity contribution is 7.92. The fraction of sp³-hybridized carbons (Fsp3) is 0.333. The molecule has 0 fully saturated rings. The van der Waals surface area contributed by atoms with Crippen molar-refractivity contribution in [3.05, 3.63) is 88.7 Å². The van der Waals surface area contributed by atoms with E-state index in [1.165, 1.54) is 66.6 Å². The molecule has 0 unspecified atom stereocenters. The van der Waals surface area contributed by atoms with Gasteiger partial charge in [-0.05, 0) is 68.3 Å². The Labute approximate surface area is 246 Å². The molecule has 0 aromatic heterocycles. The highest BCUT2D eigenvalue weighted by atomic mass is 35.5. The number of carbonyl (C=O) groups is 2. The Bertz CT molecular complexity index is 1450. The molecule has 0 aliphatic rings. The van der Waals surface area contributed by atoms with Gasteiger partial charge < -0.3 is 15.0 Å². The lowest BCUT2D eigenvalue weighted by Gasteiger charge is -2.32. The number of aryl methyl sites for hydroxylation is 1. The molecular weight excluding hydrogens is 569 g/mol. The second kappa shape index (κ2) is 14.3. The number of hydrogen-bond donors (Lipinski definition) is 1. The summed E-state index contributed by atoms with van der Waals surface area (Å²) in [5, 5.41) is 2.98. The number of sulfonamides is 1. The van der Waals surface area contributed by atoms with Gasteiger partial charge in [0.2, 0.25) is 11.8 Å². The van der Waals surface area contributed by atoms with Crippen molar-refractivity contribution >= 4 is 39.1 Å². The first-order valence-electron chi connectivity index (χ1n) is 13.2. The van der Waals surface area contributed by atoms with Gasteiger partial charge in [-0.2, -0.15) is 0 Å². The summed E-state index contributed by atoms with van der Waals surface area (Å²) < 4.78 is 47.5. The van der Waals surface area contributed by atoms with E-state index in [1.807, 2.05) is 13.8 Å². The maximum absolute atomic E-state index is 13.9. The van der Waals surface area contributed by atoms with Gasteiger partial charge in [0.25, 0.3) is 10.0 Å². The Hall–Kier alpha value is -3.63. The van der Waals surface area contributed by atoms with Crippen LogP contribution in [0.15, 0.2) is 71.6 Å². The van der Waals surface area contributed by atoms with Crippen LogP contribution >= 0.6 is 11.6 Å². The predicted octanol–water partition coefficient (Wildman–Crippen LogP) is 5.33. The number of anilines is 1. The molecule has 220 valence electrons. The lowest BCUT2D eigenvalue weighted by molar-refractivity contribution is -0.139. The van der Waals surface area contributed by atoms with Gasteiger partial charge in [0.1, 0.15) is 24.2 Å². The van der Waals surface area contributed by atoms with Crippen molar-refractivity contribution in [3.8, 4) is 5.75 Å². The second-order valence-corrected chi connectivity index (χ2v) is 11.9. The molecule has 8 nitrogen and oxygen atoms in total. The molecule has 3 aromatic rings. The molecule has 3 rings (SSSR count). The average molecular weight is 604 g/mol. The number of amides is 2. The summed E-state index contributed by atoms with van der Waals surface area (Å²) in [5.41, 5.74) is 1.59. The van der Waals surface area contributed by atoms with Gasteiger partial charge in [-0.15, -0.1) is 0 Å². The van der Waals surface area contributed by atoms with Crippen LogP contribution in [-0.2, 0) is 26.2 Å². The van der Waals surface area contributed by atoms with Crippen LogP contribution in [0.3, 0.4) is 0 Å². The van der Waals surface area contributed by atoms with Crippen molar-refractivity contribution in [2.45, 2.75) is 51.1 Å². The number of carbonyl (C=O) groups excluding carboxylic acids is 2. The number of methoxy groups -OCH3 is 1. The smallest absolute Gasteiger partial charge is 0.264 e. The summed E-state index contributed by atoms with van der Waals surface area (Å²) in [6.07, 6.45) is 1.65. The van der Waals surface area contributed by atoms with E-state index in [1.54, 1.807) is 19.1 Å². The number of rotatable bonds is 13. The Kier molecular flexibility index (Phi) is 11.1. The SMILES string of the molecule is CCCCNC(=O)[C@@H](C)N(Cc1ccc(F)cc1)C(=O)CN(c1ccc(OC)c(Cl)c1)S(=O)(=O)c1ccc(C)cc1. The zero-order chi connectivity index (χ0) is 30.2. The van der Waals surface area contributed by atoms with E-state index in [0.29, 0.717) is 17.9 Å². The third-order valence-electron chi connectivity index (χ3n) is 6.57. The molecule has 3 aromatic carbocycles. The van der Waals surface area contributed by atoms with Crippen LogP contribution in [0.25, 0.3) is 0 Å². The standard InChI is InChI=1S/C30H35ClFN3O5S/c1-5-6-17-33-30(37)22(3)34(19-23-9-11-24(32)12-10-23)29(36)20-35(25-13-16-28(40-4)27(31)18-25)41(38,39)26-14-7-21(2)8-15-26/h7-16,18,22H,5-6,17,19-20H2,1-4H3,(H,33,37)/t22-/m1/s1. The highest BCUT2D eigenvalue weighted by Crippen LogP contribution is 2.32. The first kappa shape index (κ1) is 31.9. The molecule has 41 heavy (non-hydrogen) atoms. The molecular formula is C30H35ClFN3O5S. The van der Waals surface area contributed by atoms with Gasteiger partial charge >= 0.3 is 0 Å². The van der Waals surface area contributed by atoms with Crippen LogP contribution in [0.4, 0.5) is 10.1 Å². The third kappa shape index (κ3) is 8.20. The van der Waals surface area contributed by atoms with Crippen LogP contribution in [0.1, 0.15) is 37.8 Å². The third-order valence-corrected chi connectivity index (χ3v) is 8.66. The van der Waals surface area contributed by atoms with Crippen molar-refractivity contribution in [1.82, 2.24) is 10.2 Å². The highest BCUT2D eigenvalue weighted by Gasteiger charge is 2.32. The number of halogens is 2. The normalized spacial score (nSPS) is 12.0. The Morgan fingerprint density at radius 1 is 1.05 bits per heavy atom. The van der Waals surface area contributed by atoms with Crippen molar-refractivity contribution < 1.29 is 27.1 Å². The lowest BCUT2D eigenvalue weighted by Crippen LogP contribution is -2.51. The van der Waals surface area contributed by atoms with E-state index in [4.69, 9.17) is 16.3 Å². The summed E-state index contributed by atoms with van der Waals surface area (Å²) in [7, 11) is -2.81. The molecule has 2 amide bonds. The number of ether oxygens (including phenoxy) is 1. The monoisotopic (exact) mass is 603 g/mol. The number of benzene rings is 3. The number of nitrogens with zero attached hydrogens (tertiary/aromatic N) is 2. The molecule has 1 N–H and O–H groups in total. The van der Waals surface area contributed by atoms with Gasteiger partial charge in [-0.25, -0.2) is 12.8 Å². The lowest BCUT2D eigenvalue weighted by atomic mass is 10.1. The Morgan fingerprint density at radius 3 is 2.29 bits per heavy atom. The minimum absolute atomic E-state index is 0.0155. The molecule has 0 spiro atoms. The molecule has 0 heterocycles. The molecule has 0 saturated carbocycles. The Balaban J connectivity index is 2.03. The van der Waals surface area contributed by atoms with Gasteiger partial charge in [0.15, 0.2) is 0 Å². The number of nitrogens with one attached hydrogen (secondary N) is 1. The molecule has 0 saturated heterocycles. The largest absolute Gasteiger partial charge is 0.495 e. The zero-order valence-corrected chi connectivity index (χ0v) is 25.1. The van der Waals surface area contributed by atoms with Crippen LogP contribution in [0, 0.1) is 12.7 Å². The van der Waals surface area contributed by atoms with Gasteiger partial charge in [-0.1, -0.05) is 54.8 Å². The molecule has 1 atom stereocenters. The molecule has 0 radical (unpaired) electrons. The van der Waals surface area contributed by atoms with Crippen molar-refractivity contribution in [2.24, 2.45) is 0 Å². The topological polar surface area (TPSA) is 96.0 Å². The van der Waals surface area contributed by atoms with Gasteiger partial charge in [-0.3, -0.25) is 13.9 Å². The maximum Gasteiger partial charge on any atom is 0.264 e. The van der Waals surface area contributed by atoms with E-state index in [-0.39, 0.29) is 28.1 Å². The van der Waals surface area contributed by atoms with Crippen LogP contribution < -0.4 is 14.4 Å². The van der Waals surface area contributed by atoms with Gasteiger partial charge in [0.05, 0.1) is 22.7 Å².